The molecule has 2 nitrogen and oxygen atoms in total. The third-order valence-corrected chi connectivity index (χ3v) is 4.26. The maximum absolute atomic E-state index is 14.7. The predicted octanol–water partition coefficient (Wildman–Crippen LogP) is 3.78. The minimum atomic E-state index is -0.157. The van der Waals surface area contributed by atoms with Crippen molar-refractivity contribution in [2.45, 2.75) is 33.7 Å². The highest BCUT2D eigenvalue weighted by atomic mass is 35.5. The van der Waals surface area contributed by atoms with Crippen LogP contribution >= 0.6 is 11.6 Å². The number of halogens is 2. The van der Waals surface area contributed by atoms with E-state index in [1.54, 1.807) is 13.0 Å². The van der Waals surface area contributed by atoms with Crippen LogP contribution in [-0.2, 0) is 0 Å². The zero-order valence-electron chi connectivity index (χ0n) is 12.8. The Kier molecular flexibility index (Phi) is 4.73. The van der Waals surface area contributed by atoms with E-state index in [1.165, 1.54) is 0 Å². The number of rotatable bonds is 2. The van der Waals surface area contributed by atoms with Crippen molar-refractivity contribution in [3.63, 3.8) is 0 Å². The summed E-state index contributed by atoms with van der Waals surface area (Å²) in [6.45, 7) is 12.0. The highest BCUT2D eigenvalue weighted by Crippen LogP contribution is 2.42. The van der Waals surface area contributed by atoms with Gasteiger partial charge in [0.2, 0.25) is 0 Å². The number of nitrogens with one attached hydrogen (secondary N) is 1. The molecule has 0 saturated carbocycles. The second kappa shape index (κ2) is 6.00. The molecule has 0 bridgehead atoms. The van der Waals surface area contributed by atoms with Crippen LogP contribution in [0, 0.1) is 18.2 Å². The van der Waals surface area contributed by atoms with Crippen molar-refractivity contribution < 1.29 is 4.39 Å². The smallest absolute Gasteiger partial charge is 0.132 e. The normalized spacial score (nSPS) is 19.1. The average molecular weight is 299 g/mol. The molecule has 1 N–H and O–H groups in total. The number of benzene rings is 1. The fourth-order valence-electron chi connectivity index (χ4n) is 3.03. The lowest BCUT2D eigenvalue weighted by Gasteiger charge is -2.43. The Morgan fingerprint density at radius 3 is 2.40 bits per heavy atom. The number of piperazine rings is 1. The Morgan fingerprint density at radius 1 is 1.25 bits per heavy atom. The SMILES string of the molecule is Cc1ccc(Cl)c([C@H](N2CCNCC2)C(C)(C)C)c1F. The summed E-state index contributed by atoms with van der Waals surface area (Å²) in [7, 11) is 0. The zero-order chi connectivity index (χ0) is 14.9. The summed E-state index contributed by atoms with van der Waals surface area (Å²) >= 11 is 6.34. The Hall–Kier alpha value is -0.640. The van der Waals surface area contributed by atoms with Gasteiger partial charge in [0.1, 0.15) is 5.82 Å². The molecule has 0 radical (unpaired) electrons. The zero-order valence-corrected chi connectivity index (χ0v) is 13.5. The summed E-state index contributed by atoms with van der Waals surface area (Å²) in [5.74, 6) is -0.157. The van der Waals surface area contributed by atoms with E-state index in [0.717, 1.165) is 26.2 Å². The first-order valence-corrected chi connectivity index (χ1v) is 7.59. The first kappa shape index (κ1) is 15.7. The molecule has 1 heterocycles. The molecular formula is C16H24ClFN2. The molecule has 1 atom stereocenters. The van der Waals surface area contributed by atoms with E-state index in [0.29, 0.717) is 16.1 Å². The lowest BCUT2D eigenvalue weighted by molar-refractivity contribution is 0.0834. The lowest BCUT2D eigenvalue weighted by atomic mass is 9.80. The van der Waals surface area contributed by atoms with Crippen LogP contribution in [0.15, 0.2) is 12.1 Å². The van der Waals surface area contributed by atoms with Crippen LogP contribution in [-0.4, -0.2) is 31.1 Å². The quantitative estimate of drug-likeness (QED) is 0.894. The topological polar surface area (TPSA) is 15.3 Å². The second-order valence-corrected chi connectivity index (χ2v) is 7.05. The van der Waals surface area contributed by atoms with Gasteiger partial charge in [-0.15, -0.1) is 0 Å². The number of hydrogen-bond acceptors (Lipinski definition) is 2. The molecule has 4 heteroatoms. The molecule has 0 aromatic heterocycles. The Morgan fingerprint density at radius 2 is 1.85 bits per heavy atom. The molecular weight excluding hydrogens is 275 g/mol. The number of nitrogens with zero attached hydrogens (tertiary/aromatic N) is 1. The van der Waals surface area contributed by atoms with Gasteiger partial charge in [0.05, 0.1) is 0 Å². The summed E-state index contributed by atoms with van der Waals surface area (Å²) in [6, 6.07) is 3.56. The van der Waals surface area contributed by atoms with Crippen LogP contribution in [0.25, 0.3) is 0 Å². The van der Waals surface area contributed by atoms with E-state index in [4.69, 9.17) is 11.6 Å². The van der Waals surface area contributed by atoms with Crippen molar-refractivity contribution in [2.75, 3.05) is 26.2 Å². The van der Waals surface area contributed by atoms with Gasteiger partial charge in [0.25, 0.3) is 0 Å². The van der Waals surface area contributed by atoms with Crippen LogP contribution in [0.1, 0.15) is 37.9 Å². The van der Waals surface area contributed by atoms with Crippen molar-refractivity contribution >= 4 is 11.6 Å². The number of aryl methyl sites for hydroxylation is 1. The molecule has 1 aromatic carbocycles. The summed E-state index contributed by atoms with van der Waals surface area (Å²) in [6.07, 6.45) is 0. The molecule has 0 aliphatic carbocycles. The molecule has 2 rings (SSSR count). The first-order valence-electron chi connectivity index (χ1n) is 7.21. The van der Waals surface area contributed by atoms with Gasteiger partial charge in [-0.1, -0.05) is 38.4 Å². The largest absolute Gasteiger partial charge is 0.314 e. The van der Waals surface area contributed by atoms with E-state index in [9.17, 15) is 4.39 Å². The van der Waals surface area contributed by atoms with E-state index >= 15 is 0 Å². The highest BCUT2D eigenvalue weighted by molar-refractivity contribution is 6.31. The summed E-state index contributed by atoms with van der Waals surface area (Å²) in [4.78, 5) is 2.35. The summed E-state index contributed by atoms with van der Waals surface area (Å²) < 4.78 is 14.7. The fraction of sp³-hybridized carbons (Fsp3) is 0.625. The van der Waals surface area contributed by atoms with E-state index in [1.807, 2.05) is 6.07 Å². The van der Waals surface area contributed by atoms with Crippen molar-refractivity contribution in [3.8, 4) is 0 Å². The van der Waals surface area contributed by atoms with Gasteiger partial charge in [-0.05, 0) is 24.0 Å². The fourth-order valence-corrected chi connectivity index (χ4v) is 3.28. The maximum Gasteiger partial charge on any atom is 0.132 e. The van der Waals surface area contributed by atoms with Gasteiger partial charge in [-0.25, -0.2) is 4.39 Å². The van der Waals surface area contributed by atoms with Gasteiger partial charge in [-0.3, -0.25) is 4.90 Å². The Bertz CT molecular complexity index is 476. The molecule has 0 unspecified atom stereocenters. The minimum absolute atomic E-state index is 0.00278. The molecule has 0 spiro atoms. The molecule has 0 amide bonds. The van der Waals surface area contributed by atoms with Crippen LogP contribution in [0.5, 0.6) is 0 Å². The van der Waals surface area contributed by atoms with Gasteiger partial charge in [0.15, 0.2) is 0 Å². The van der Waals surface area contributed by atoms with Gasteiger partial charge in [0, 0.05) is 42.8 Å². The predicted molar refractivity (Wildman–Crippen MR) is 82.8 cm³/mol. The molecule has 1 aromatic rings. The van der Waals surface area contributed by atoms with E-state index in [-0.39, 0.29) is 17.3 Å². The van der Waals surface area contributed by atoms with E-state index in [2.05, 4.69) is 31.0 Å². The van der Waals surface area contributed by atoms with Crippen molar-refractivity contribution in [2.24, 2.45) is 5.41 Å². The van der Waals surface area contributed by atoms with Crippen molar-refractivity contribution in [1.29, 1.82) is 0 Å². The van der Waals surface area contributed by atoms with Gasteiger partial charge < -0.3 is 5.32 Å². The molecule has 20 heavy (non-hydrogen) atoms. The third kappa shape index (κ3) is 3.16. The van der Waals surface area contributed by atoms with Gasteiger partial charge >= 0.3 is 0 Å². The standard InChI is InChI=1S/C16H24ClFN2/c1-11-5-6-12(17)13(14(11)18)15(16(2,3)4)20-9-7-19-8-10-20/h5-6,15,19H,7-10H2,1-4H3/t15-/m0/s1. The summed E-state index contributed by atoms with van der Waals surface area (Å²) in [5.41, 5.74) is 1.24. The molecule has 1 fully saturated rings. The third-order valence-electron chi connectivity index (χ3n) is 3.93. The molecule has 112 valence electrons. The second-order valence-electron chi connectivity index (χ2n) is 6.65. The molecule has 1 aliphatic rings. The highest BCUT2D eigenvalue weighted by Gasteiger charge is 2.36. The minimum Gasteiger partial charge on any atom is -0.314 e. The van der Waals surface area contributed by atoms with Gasteiger partial charge in [-0.2, -0.15) is 0 Å². The van der Waals surface area contributed by atoms with Crippen molar-refractivity contribution in [1.82, 2.24) is 10.2 Å². The average Bonchev–Trinajstić information content (AvgIpc) is 2.39. The monoisotopic (exact) mass is 298 g/mol. The van der Waals surface area contributed by atoms with Crippen LogP contribution < -0.4 is 5.32 Å². The maximum atomic E-state index is 14.7. The van der Waals surface area contributed by atoms with E-state index < -0.39 is 0 Å². The Labute approximate surface area is 126 Å². The Balaban J connectivity index is 2.49. The van der Waals surface area contributed by atoms with Crippen LogP contribution in [0.4, 0.5) is 4.39 Å². The lowest BCUT2D eigenvalue weighted by Crippen LogP contribution is -2.48. The van der Waals surface area contributed by atoms with Crippen LogP contribution in [0.3, 0.4) is 0 Å². The first-order chi connectivity index (χ1) is 9.32. The van der Waals surface area contributed by atoms with Crippen LogP contribution in [0.2, 0.25) is 5.02 Å². The van der Waals surface area contributed by atoms with Crippen molar-refractivity contribution in [3.05, 3.63) is 34.1 Å². The summed E-state index contributed by atoms with van der Waals surface area (Å²) in [5, 5.41) is 3.88. The molecule has 1 saturated heterocycles. The number of hydrogen-bond donors (Lipinski definition) is 1. The molecule has 1 aliphatic heterocycles.